The Morgan fingerprint density at radius 1 is 1.40 bits per heavy atom. The molecule has 24 valence electrons. The van der Waals surface area contributed by atoms with E-state index in [2.05, 4.69) is 0 Å². The standard InChI is InChI=1S/CH3BO2.Mg/c1-2(3)4;/h1H3;/q-2;+2. The van der Waals surface area contributed by atoms with E-state index in [0.29, 0.717) is 0 Å². The van der Waals surface area contributed by atoms with Gasteiger partial charge in [-0.05, 0) is 0 Å². The molecule has 0 fully saturated rings. The summed E-state index contributed by atoms with van der Waals surface area (Å²) in [4.78, 5) is 0. The molecule has 2 nitrogen and oxygen atoms in total. The summed E-state index contributed by atoms with van der Waals surface area (Å²) in [6.07, 6.45) is 0. The first kappa shape index (κ1) is 9.23. The van der Waals surface area contributed by atoms with Gasteiger partial charge >= 0.3 is 23.1 Å². The normalized spacial score (nSPS) is 5.40. The number of hydrogen-bond donors (Lipinski definition) is 0. The van der Waals surface area contributed by atoms with Crippen molar-refractivity contribution in [3.63, 3.8) is 0 Å². The van der Waals surface area contributed by atoms with Crippen molar-refractivity contribution in [3.05, 3.63) is 0 Å². The van der Waals surface area contributed by atoms with Gasteiger partial charge in [-0.1, -0.05) is 0 Å². The van der Waals surface area contributed by atoms with Crippen LogP contribution in [-0.2, 0) is 0 Å². The van der Waals surface area contributed by atoms with Gasteiger partial charge in [0.2, 0.25) is 0 Å². The topological polar surface area (TPSA) is 46.1 Å². The minimum Gasteiger partial charge on any atom is -0.893 e. The largest absolute Gasteiger partial charge is 2.00 e. The van der Waals surface area contributed by atoms with Crippen LogP contribution in [0.3, 0.4) is 0 Å². The van der Waals surface area contributed by atoms with Crippen molar-refractivity contribution in [3.8, 4) is 0 Å². The first-order valence-electron chi connectivity index (χ1n) is 1.05. The van der Waals surface area contributed by atoms with Gasteiger partial charge < -0.3 is 10.0 Å². The van der Waals surface area contributed by atoms with Crippen molar-refractivity contribution in [2.45, 2.75) is 6.82 Å². The van der Waals surface area contributed by atoms with Crippen LogP contribution in [0.4, 0.5) is 0 Å². The molecule has 0 heterocycles. The molecule has 0 aromatic heterocycles. The first-order valence-corrected chi connectivity index (χ1v) is 1.05. The van der Waals surface area contributed by atoms with Gasteiger partial charge in [0.15, 0.2) is 0 Å². The monoisotopic (exact) mass is 82.0 g/mol. The Morgan fingerprint density at radius 3 is 1.40 bits per heavy atom. The molecule has 0 aliphatic carbocycles. The summed E-state index contributed by atoms with van der Waals surface area (Å²) in [6, 6.07) is 0. The van der Waals surface area contributed by atoms with Crippen LogP contribution in [0.2, 0.25) is 6.82 Å². The third-order valence-electron chi connectivity index (χ3n) is 0. The molecular formula is CH3BMgO2. The molecule has 0 saturated carbocycles. The van der Waals surface area contributed by atoms with Gasteiger partial charge in [0.25, 0.3) is 0 Å². The van der Waals surface area contributed by atoms with Crippen LogP contribution < -0.4 is 10.0 Å². The molecule has 0 aromatic carbocycles. The van der Waals surface area contributed by atoms with Crippen molar-refractivity contribution < 1.29 is 10.0 Å². The van der Waals surface area contributed by atoms with E-state index in [1.165, 1.54) is 0 Å². The second-order valence-corrected chi connectivity index (χ2v) is 0.568. The van der Waals surface area contributed by atoms with E-state index in [1.807, 2.05) is 0 Å². The van der Waals surface area contributed by atoms with Crippen LogP contribution in [0.15, 0.2) is 0 Å². The Balaban J connectivity index is 0. The second-order valence-electron chi connectivity index (χ2n) is 0.568. The Hall–Kier alpha value is 0.751. The van der Waals surface area contributed by atoms with Gasteiger partial charge in [0.05, 0.1) is 0 Å². The van der Waals surface area contributed by atoms with Gasteiger partial charge in [0.1, 0.15) is 0 Å². The summed E-state index contributed by atoms with van der Waals surface area (Å²) < 4.78 is 0. The van der Waals surface area contributed by atoms with Crippen LogP contribution in [-0.4, -0.2) is 30.2 Å². The van der Waals surface area contributed by atoms with E-state index in [9.17, 15) is 0 Å². The van der Waals surface area contributed by atoms with Crippen LogP contribution in [0.1, 0.15) is 0 Å². The molecule has 0 radical (unpaired) electrons. The zero-order valence-corrected chi connectivity index (χ0v) is 4.52. The maximum Gasteiger partial charge on any atom is 2.00 e. The molecule has 0 aliphatic rings. The van der Waals surface area contributed by atoms with E-state index in [1.54, 1.807) is 0 Å². The zero-order chi connectivity index (χ0) is 3.58. The van der Waals surface area contributed by atoms with E-state index >= 15 is 0 Å². The van der Waals surface area contributed by atoms with Crippen molar-refractivity contribution in [2.24, 2.45) is 0 Å². The minimum atomic E-state index is -1.67. The fourth-order valence-corrected chi connectivity index (χ4v) is 0. The average Bonchev–Trinajstić information content (AvgIpc) is 0.811. The fourth-order valence-electron chi connectivity index (χ4n) is 0. The molecule has 0 aromatic rings. The van der Waals surface area contributed by atoms with E-state index < -0.39 is 7.12 Å². The summed E-state index contributed by atoms with van der Waals surface area (Å²) in [7, 11) is -1.67. The van der Waals surface area contributed by atoms with Crippen LogP contribution in [0.25, 0.3) is 0 Å². The minimum absolute atomic E-state index is 0. The SMILES string of the molecule is CB([O-])[O-].[Mg+2]. The third-order valence-corrected chi connectivity index (χ3v) is 0. The second kappa shape index (κ2) is 4.75. The summed E-state index contributed by atoms with van der Waals surface area (Å²) in [5.74, 6) is 0. The van der Waals surface area contributed by atoms with E-state index in [0.717, 1.165) is 6.82 Å². The maximum absolute atomic E-state index is 8.97. The molecule has 0 N–H and O–H groups in total. The van der Waals surface area contributed by atoms with Gasteiger partial charge in [-0.2, -0.15) is 0 Å². The van der Waals surface area contributed by atoms with E-state index in [-0.39, 0.29) is 23.1 Å². The first-order chi connectivity index (χ1) is 1.73. The predicted octanol–water partition coefficient (Wildman–Crippen LogP) is -2.56. The molecule has 0 amide bonds. The Kier molecular flexibility index (Phi) is 8.77. The zero-order valence-electron chi connectivity index (χ0n) is 3.10. The molecule has 0 saturated heterocycles. The molecule has 0 unspecified atom stereocenters. The summed E-state index contributed by atoms with van der Waals surface area (Å²) in [5.41, 5.74) is 0. The van der Waals surface area contributed by atoms with Gasteiger partial charge in [0, 0.05) is 0 Å². The van der Waals surface area contributed by atoms with Crippen LogP contribution in [0, 0.1) is 0 Å². The molecule has 0 atom stereocenters. The predicted molar refractivity (Wildman–Crippen MR) is 17.4 cm³/mol. The Bertz CT molecular complexity index is 14.4. The van der Waals surface area contributed by atoms with Gasteiger partial charge in [-0.3, -0.25) is 0 Å². The van der Waals surface area contributed by atoms with Crippen molar-refractivity contribution in [2.75, 3.05) is 0 Å². The molecular weight excluding hydrogens is 79.1 g/mol. The molecule has 0 spiro atoms. The number of rotatable bonds is 0. The van der Waals surface area contributed by atoms with Crippen LogP contribution in [0.5, 0.6) is 0 Å². The molecule has 0 aliphatic heterocycles. The van der Waals surface area contributed by atoms with Crippen molar-refractivity contribution in [1.29, 1.82) is 0 Å². The molecule has 4 heteroatoms. The fraction of sp³-hybridized carbons (Fsp3) is 1.00. The van der Waals surface area contributed by atoms with Gasteiger partial charge in [-0.25, -0.2) is 0 Å². The molecule has 0 bridgehead atoms. The maximum atomic E-state index is 8.97. The van der Waals surface area contributed by atoms with Crippen LogP contribution >= 0.6 is 0 Å². The summed E-state index contributed by atoms with van der Waals surface area (Å²) in [5, 5.41) is 17.9. The van der Waals surface area contributed by atoms with Crippen molar-refractivity contribution in [1.82, 2.24) is 0 Å². The Labute approximate surface area is 47.5 Å². The molecule has 5 heavy (non-hydrogen) atoms. The number of hydrogen-bond acceptors (Lipinski definition) is 2. The smallest absolute Gasteiger partial charge is 0.893 e. The Morgan fingerprint density at radius 2 is 1.40 bits per heavy atom. The van der Waals surface area contributed by atoms with E-state index in [4.69, 9.17) is 10.0 Å². The summed E-state index contributed by atoms with van der Waals surface area (Å²) >= 11 is 0. The van der Waals surface area contributed by atoms with Gasteiger partial charge in [-0.15, -0.1) is 13.9 Å². The third kappa shape index (κ3) is 63.7. The quantitative estimate of drug-likeness (QED) is 0.302. The van der Waals surface area contributed by atoms with Crippen molar-refractivity contribution >= 4 is 30.2 Å². The summed E-state index contributed by atoms with van der Waals surface area (Å²) in [6.45, 7) is 1.06. The average molecular weight is 82.2 g/mol. The molecule has 0 rings (SSSR count).